The number of hydroxylamine groups is 2. The number of aliphatic hydroxyl groups excluding tert-OH is 1. The fraction of sp³-hybridized carbons (Fsp3) is 0.857. The summed E-state index contributed by atoms with van der Waals surface area (Å²) in [6, 6.07) is 0. The van der Waals surface area contributed by atoms with Crippen molar-refractivity contribution in [1.29, 1.82) is 0 Å². The number of hydrogen-bond acceptors (Lipinski definition) is 5. The van der Waals surface area contributed by atoms with Crippen LogP contribution in [0.15, 0.2) is 0 Å². The Kier molecular flexibility index (Phi) is 5.95. The fourth-order valence-electron chi connectivity index (χ4n) is 0.743. The fourth-order valence-corrected chi connectivity index (χ4v) is 1.39. The van der Waals surface area contributed by atoms with Gasteiger partial charge in [0.1, 0.15) is 0 Å². The molecule has 0 aliphatic rings. The van der Waals surface area contributed by atoms with Crippen LogP contribution in [0.4, 0.5) is 0 Å². The molecular formula is C7H17N2O4P. The van der Waals surface area contributed by atoms with Gasteiger partial charge in [0.2, 0.25) is 0 Å². The summed E-state index contributed by atoms with van der Waals surface area (Å²) in [7, 11) is -2.18. The highest BCUT2D eigenvalue weighted by molar-refractivity contribution is 7.62. The highest BCUT2D eigenvalue weighted by atomic mass is 31.2. The number of carbonyl (C=O) groups excluding carboxylic acids is 1. The molecule has 0 radical (unpaired) electrons. The monoisotopic (exact) mass is 224 g/mol. The molecule has 0 heterocycles. The minimum atomic E-state index is -2.18. The van der Waals surface area contributed by atoms with E-state index in [1.54, 1.807) is 13.3 Å². The third-order valence-corrected chi connectivity index (χ3v) is 2.35. The summed E-state index contributed by atoms with van der Waals surface area (Å²) in [6.45, 7) is 2.73. The number of rotatable bonds is 6. The molecule has 0 aromatic carbocycles. The topological polar surface area (TPSA) is 89.9 Å². The average molecular weight is 224 g/mol. The van der Waals surface area contributed by atoms with E-state index < -0.39 is 13.0 Å². The summed E-state index contributed by atoms with van der Waals surface area (Å²) in [6.07, 6.45) is 0.256. The minimum Gasteiger partial charge on any atom is -0.394 e. The van der Waals surface area contributed by atoms with E-state index in [0.717, 1.165) is 0 Å². The lowest BCUT2D eigenvalue weighted by molar-refractivity contribution is -0.165. The van der Waals surface area contributed by atoms with Crippen LogP contribution >= 0.6 is 7.14 Å². The van der Waals surface area contributed by atoms with Gasteiger partial charge in [-0.05, 0) is 13.3 Å². The molecule has 0 atom stereocenters. The Bertz CT molecular complexity index is 228. The maximum atomic E-state index is 11.2. The molecule has 0 saturated heterocycles. The molecule has 6 nitrogen and oxygen atoms in total. The van der Waals surface area contributed by atoms with Crippen LogP contribution in [-0.2, 0) is 9.36 Å². The highest BCUT2D eigenvalue weighted by Crippen LogP contribution is 2.33. The SMILES string of the molecule is CP(C)(=O)CNCC(=O)N(O)CCO. The average Bonchev–Trinajstić information content (AvgIpc) is 2.02. The molecule has 0 unspecified atom stereocenters. The van der Waals surface area contributed by atoms with E-state index >= 15 is 0 Å². The van der Waals surface area contributed by atoms with Gasteiger partial charge in [-0.3, -0.25) is 10.0 Å². The van der Waals surface area contributed by atoms with Crippen molar-refractivity contribution in [3.8, 4) is 0 Å². The minimum absolute atomic E-state index is 0.0812. The molecule has 0 aliphatic carbocycles. The number of hydrogen-bond donors (Lipinski definition) is 3. The molecule has 84 valence electrons. The summed E-state index contributed by atoms with van der Waals surface area (Å²) >= 11 is 0. The molecule has 0 aliphatic heterocycles. The van der Waals surface area contributed by atoms with Gasteiger partial charge in [0, 0.05) is 6.29 Å². The van der Waals surface area contributed by atoms with Crippen molar-refractivity contribution in [2.75, 3.05) is 39.3 Å². The molecule has 0 bridgehead atoms. The maximum Gasteiger partial charge on any atom is 0.259 e. The summed E-state index contributed by atoms with van der Waals surface area (Å²) < 4.78 is 11.2. The smallest absolute Gasteiger partial charge is 0.259 e. The van der Waals surface area contributed by atoms with Crippen molar-refractivity contribution in [2.45, 2.75) is 0 Å². The molecule has 0 saturated carbocycles. The molecule has 7 heteroatoms. The zero-order chi connectivity index (χ0) is 11.2. The van der Waals surface area contributed by atoms with Crippen LogP contribution in [0.1, 0.15) is 0 Å². The number of amides is 1. The zero-order valence-corrected chi connectivity index (χ0v) is 9.33. The van der Waals surface area contributed by atoms with Crippen molar-refractivity contribution in [2.24, 2.45) is 0 Å². The first-order valence-electron chi connectivity index (χ1n) is 4.21. The van der Waals surface area contributed by atoms with Crippen LogP contribution in [0, 0.1) is 0 Å². The van der Waals surface area contributed by atoms with Gasteiger partial charge in [-0.25, -0.2) is 5.06 Å². The lowest BCUT2D eigenvalue weighted by Gasteiger charge is -2.14. The van der Waals surface area contributed by atoms with Gasteiger partial charge in [-0.15, -0.1) is 0 Å². The predicted octanol–water partition coefficient (Wildman–Crippen LogP) is -0.634. The van der Waals surface area contributed by atoms with Crippen molar-refractivity contribution < 1.29 is 19.7 Å². The highest BCUT2D eigenvalue weighted by Gasteiger charge is 2.11. The molecule has 1 amide bonds. The van der Waals surface area contributed by atoms with Gasteiger partial charge in [0.25, 0.3) is 5.91 Å². The van der Waals surface area contributed by atoms with Crippen molar-refractivity contribution in [1.82, 2.24) is 10.4 Å². The third kappa shape index (κ3) is 7.03. The van der Waals surface area contributed by atoms with Gasteiger partial charge in [0.15, 0.2) is 0 Å². The van der Waals surface area contributed by atoms with Gasteiger partial charge >= 0.3 is 0 Å². The quantitative estimate of drug-likeness (QED) is 0.317. The van der Waals surface area contributed by atoms with Gasteiger partial charge in [-0.2, -0.15) is 0 Å². The standard InChI is InChI=1S/C7H17N2O4P/c1-14(2,13)6-8-5-7(11)9(12)3-4-10/h8,10,12H,3-6H2,1-2H3. The first-order valence-corrected chi connectivity index (χ1v) is 7.00. The van der Waals surface area contributed by atoms with E-state index in [0.29, 0.717) is 5.06 Å². The number of carbonyl (C=O) groups is 1. The number of nitrogens with zero attached hydrogens (tertiary/aromatic N) is 1. The molecule has 14 heavy (non-hydrogen) atoms. The van der Waals surface area contributed by atoms with Crippen molar-refractivity contribution >= 4 is 13.0 Å². The first kappa shape index (κ1) is 13.6. The van der Waals surface area contributed by atoms with E-state index in [2.05, 4.69) is 5.32 Å². The Labute approximate surface area is 83.2 Å². The van der Waals surface area contributed by atoms with Crippen LogP contribution in [-0.4, -0.2) is 60.6 Å². The lowest BCUT2D eigenvalue weighted by Crippen LogP contribution is -2.37. The Hall–Kier alpha value is -0.420. The summed E-state index contributed by atoms with van der Waals surface area (Å²) in [5.41, 5.74) is 0. The van der Waals surface area contributed by atoms with E-state index in [9.17, 15) is 9.36 Å². The maximum absolute atomic E-state index is 11.2. The number of nitrogens with one attached hydrogen (secondary N) is 1. The van der Waals surface area contributed by atoms with Crippen LogP contribution in [0.5, 0.6) is 0 Å². The van der Waals surface area contributed by atoms with Crippen molar-refractivity contribution in [3.05, 3.63) is 0 Å². The predicted molar refractivity (Wildman–Crippen MR) is 52.9 cm³/mol. The molecule has 0 aromatic rings. The molecule has 0 aromatic heterocycles. The van der Waals surface area contributed by atoms with E-state index in [1.807, 2.05) is 0 Å². The molecule has 3 N–H and O–H groups in total. The second kappa shape index (κ2) is 6.14. The second-order valence-corrected chi connectivity index (χ2v) is 6.86. The summed E-state index contributed by atoms with van der Waals surface area (Å²) in [5, 5.41) is 20.5. The van der Waals surface area contributed by atoms with E-state index in [1.165, 1.54) is 0 Å². The molecular weight excluding hydrogens is 207 g/mol. The lowest BCUT2D eigenvalue weighted by atomic mass is 10.5. The van der Waals surface area contributed by atoms with Crippen LogP contribution in [0.2, 0.25) is 0 Å². The Balaban J connectivity index is 3.69. The summed E-state index contributed by atoms with van der Waals surface area (Å²) in [4.78, 5) is 11.0. The van der Waals surface area contributed by atoms with Crippen LogP contribution in [0.3, 0.4) is 0 Å². The third-order valence-electron chi connectivity index (χ3n) is 1.37. The zero-order valence-electron chi connectivity index (χ0n) is 8.43. The number of aliphatic hydroxyl groups is 1. The molecule has 0 rings (SSSR count). The van der Waals surface area contributed by atoms with E-state index in [4.69, 9.17) is 10.3 Å². The largest absolute Gasteiger partial charge is 0.394 e. The van der Waals surface area contributed by atoms with Crippen molar-refractivity contribution in [3.63, 3.8) is 0 Å². The Morgan fingerprint density at radius 3 is 2.50 bits per heavy atom. The summed E-state index contributed by atoms with van der Waals surface area (Å²) in [5.74, 6) is -0.549. The van der Waals surface area contributed by atoms with E-state index in [-0.39, 0.29) is 26.0 Å². The normalized spacial score (nSPS) is 11.4. The van der Waals surface area contributed by atoms with Gasteiger partial charge < -0.3 is 15.0 Å². The Morgan fingerprint density at radius 1 is 1.50 bits per heavy atom. The van der Waals surface area contributed by atoms with Gasteiger partial charge in [-0.1, -0.05) is 0 Å². The second-order valence-electron chi connectivity index (χ2n) is 3.40. The first-order chi connectivity index (χ1) is 6.37. The van der Waals surface area contributed by atoms with Crippen LogP contribution in [0.25, 0.3) is 0 Å². The van der Waals surface area contributed by atoms with Gasteiger partial charge in [0.05, 0.1) is 26.8 Å². The molecule has 0 spiro atoms. The molecule has 0 fully saturated rings. The Morgan fingerprint density at radius 2 is 2.07 bits per heavy atom. The van der Waals surface area contributed by atoms with Crippen LogP contribution < -0.4 is 5.32 Å².